The molecule has 2 aromatic carbocycles. The first-order chi connectivity index (χ1) is 13.3. The smallest absolute Gasteiger partial charge is 0.271 e. The maximum atomic E-state index is 11.9. The predicted molar refractivity (Wildman–Crippen MR) is 106 cm³/mol. The van der Waals surface area contributed by atoms with Gasteiger partial charge in [0.15, 0.2) is 5.09 Å². The molecular formula is C21H15N3O2S. The predicted octanol–water partition coefficient (Wildman–Crippen LogP) is 4.74. The summed E-state index contributed by atoms with van der Waals surface area (Å²) in [5, 5.41) is 5.76. The topological polar surface area (TPSA) is 67.5 Å². The first-order valence-corrected chi connectivity index (χ1v) is 9.11. The van der Waals surface area contributed by atoms with Gasteiger partial charge >= 0.3 is 0 Å². The normalized spacial score (nSPS) is 11.1. The fraction of sp³-hybridized carbons (Fsp3) is 0. The Morgan fingerprint density at radius 1 is 1.00 bits per heavy atom. The molecule has 6 heteroatoms. The van der Waals surface area contributed by atoms with Crippen molar-refractivity contribution >= 4 is 34.8 Å². The zero-order chi connectivity index (χ0) is 18.5. The molecule has 4 rings (SSSR count). The van der Waals surface area contributed by atoms with Crippen LogP contribution in [-0.2, 0) is 0 Å². The highest BCUT2D eigenvalue weighted by Crippen LogP contribution is 2.33. The minimum Gasteiger partial charge on any atom is -0.448 e. The van der Waals surface area contributed by atoms with Gasteiger partial charge in [-0.05, 0) is 48.2 Å². The highest BCUT2D eigenvalue weighted by Gasteiger charge is 2.07. The number of benzene rings is 2. The number of nitrogens with one attached hydrogen (secondary N) is 1. The lowest BCUT2D eigenvalue weighted by molar-refractivity contribution is 0.0955. The van der Waals surface area contributed by atoms with Crippen LogP contribution in [0.3, 0.4) is 0 Å². The summed E-state index contributed by atoms with van der Waals surface area (Å²) in [6, 6.07) is 22.6. The Morgan fingerprint density at radius 2 is 1.85 bits per heavy atom. The van der Waals surface area contributed by atoms with Crippen LogP contribution in [0, 0.1) is 0 Å². The van der Waals surface area contributed by atoms with E-state index in [9.17, 15) is 4.79 Å². The molecule has 0 spiro atoms. The quantitative estimate of drug-likeness (QED) is 0.405. The van der Waals surface area contributed by atoms with Crippen LogP contribution in [0.1, 0.15) is 16.1 Å². The second-order valence-electron chi connectivity index (χ2n) is 5.66. The highest BCUT2D eigenvalue weighted by atomic mass is 32.2. The maximum Gasteiger partial charge on any atom is 0.271 e. The van der Waals surface area contributed by atoms with Crippen LogP contribution < -0.4 is 5.43 Å². The molecule has 0 unspecified atom stereocenters. The second kappa shape index (κ2) is 7.88. The number of amides is 1. The zero-order valence-corrected chi connectivity index (χ0v) is 15.0. The third-order valence-electron chi connectivity index (χ3n) is 3.80. The zero-order valence-electron chi connectivity index (χ0n) is 14.2. The minimum absolute atomic E-state index is 0.269. The SMILES string of the molecule is O=C(NN=Cc1ccc(Sc2cccc3cccnc23)o1)c1ccccc1. The average Bonchev–Trinajstić information content (AvgIpc) is 3.16. The van der Waals surface area contributed by atoms with E-state index >= 15 is 0 Å². The molecule has 2 heterocycles. The van der Waals surface area contributed by atoms with E-state index in [4.69, 9.17) is 4.42 Å². The van der Waals surface area contributed by atoms with E-state index in [-0.39, 0.29) is 5.91 Å². The number of rotatable bonds is 5. The van der Waals surface area contributed by atoms with Crippen molar-refractivity contribution in [3.05, 3.63) is 90.3 Å². The van der Waals surface area contributed by atoms with Crippen molar-refractivity contribution in [3.63, 3.8) is 0 Å². The maximum absolute atomic E-state index is 11.9. The lowest BCUT2D eigenvalue weighted by Gasteiger charge is -2.02. The Balaban J connectivity index is 1.43. The van der Waals surface area contributed by atoms with Gasteiger partial charge in [-0.15, -0.1) is 0 Å². The van der Waals surface area contributed by atoms with Gasteiger partial charge in [0.1, 0.15) is 5.76 Å². The van der Waals surface area contributed by atoms with Crippen LogP contribution in [0.4, 0.5) is 0 Å². The summed E-state index contributed by atoms with van der Waals surface area (Å²) in [5.41, 5.74) is 3.97. The Morgan fingerprint density at radius 3 is 2.74 bits per heavy atom. The summed E-state index contributed by atoms with van der Waals surface area (Å²) in [4.78, 5) is 17.4. The number of pyridine rings is 1. The summed E-state index contributed by atoms with van der Waals surface area (Å²) in [6.07, 6.45) is 3.26. The lowest BCUT2D eigenvalue weighted by Crippen LogP contribution is -2.17. The van der Waals surface area contributed by atoms with Gasteiger partial charge in [0.05, 0.1) is 11.7 Å². The van der Waals surface area contributed by atoms with E-state index in [0.717, 1.165) is 20.9 Å². The molecule has 0 aliphatic heterocycles. The first-order valence-electron chi connectivity index (χ1n) is 8.29. The molecule has 0 saturated heterocycles. The van der Waals surface area contributed by atoms with Crippen molar-refractivity contribution in [2.75, 3.05) is 0 Å². The van der Waals surface area contributed by atoms with Gasteiger partial charge in [-0.25, -0.2) is 5.43 Å². The molecular weight excluding hydrogens is 358 g/mol. The number of hydrazone groups is 1. The van der Waals surface area contributed by atoms with Gasteiger partial charge < -0.3 is 4.42 Å². The number of furan rings is 1. The van der Waals surface area contributed by atoms with Crippen molar-refractivity contribution < 1.29 is 9.21 Å². The molecule has 1 N–H and O–H groups in total. The molecule has 0 aliphatic rings. The minimum atomic E-state index is -0.269. The van der Waals surface area contributed by atoms with E-state index in [1.54, 1.807) is 36.5 Å². The van der Waals surface area contributed by atoms with Crippen LogP contribution in [0.2, 0.25) is 0 Å². The number of hydrogen-bond acceptors (Lipinski definition) is 5. The molecule has 1 amide bonds. The lowest BCUT2D eigenvalue weighted by atomic mass is 10.2. The molecule has 27 heavy (non-hydrogen) atoms. The molecule has 0 radical (unpaired) electrons. The first kappa shape index (κ1) is 17.1. The van der Waals surface area contributed by atoms with Crippen molar-refractivity contribution in [1.82, 2.24) is 10.4 Å². The van der Waals surface area contributed by atoms with Crippen molar-refractivity contribution in [2.24, 2.45) is 5.10 Å². The van der Waals surface area contributed by atoms with E-state index in [1.165, 1.54) is 18.0 Å². The number of hydrogen-bond donors (Lipinski definition) is 1. The molecule has 0 atom stereocenters. The molecule has 0 fully saturated rings. The van der Waals surface area contributed by atoms with Gasteiger partial charge in [0.2, 0.25) is 0 Å². The molecule has 0 aliphatic carbocycles. The molecule has 2 aromatic heterocycles. The summed E-state index contributed by atoms with van der Waals surface area (Å²) in [5.74, 6) is 0.286. The van der Waals surface area contributed by atoms with Crippen LogP contribution >= 0.6 is 11.8 Å². The number of para-hydroxylation sites is 1. The van der Waals surface area contributed by atoms with Crippen molar-refractivity contribution in [2.45, 2.75) is 9.99 Å². The van der Waals surface area contributed by atoms with E-state index < -0.39 is 0 Å². The van der Waals surface area contributed by atoms with Gasteiger partial charge in [-0.2, -0.15) is 5.10 Å². The Kier molecular flexibility index (Phi) is 4.98. The molecule has 0 saturated carbocycles. The molecule has 0 bridgehead atoms. The average molecular weight is 373 g/mol. The largest absolute Gasteiger partial charge is 0.448 e. The number of carbonyl (C=O) groups excluding carboxylic acids is 1. The number of aromatic nitrogens is 1. The monoisotopic (exact) mass is 373 g/mol. The molecule has 4 aromatic rings. The van der Waals surface area contributed by atoms with Crippen molar-refractivity contribution in [3.8, 4) is 0 Å². The van der Waals surface area contributed by atoms with Crippen LogP contribution in [-0.4, -0.2) is 17.1 Å². The van der Waals surface area contributed by atoms with Crippen LogP contribution in [0.15, 0.2) is 98.5 Å². The summed E-state index contributed by atoms with van der Waals surface area (Å²) in [7, 11) is 0. The fourth-order valence-electron chi connectivity index (χ4n) is 2.53. The number of carbonyl (C=O) groups is 1. The van der Waals surface area contributed by atoms with Crippen molar-refractivity contribution in [1.29, 1.82) is 0 Å². The van der Waals surface area contributed by atoms with Gasteiger partial charge in [0, 0.05) is 22.0 Å². The summed E-state index contributed by atoms with van der Waals surface area (Å²) < 4.78 is 5.76. The van der Waals surface area contributed by atoms with E-state index in [2.05, 4.69) is 15.5 Å². The second-order valence-corrected chi connectivity index (χ2v) is 6.70. The third kappa shape index (κ3) is 4.07. The fourth-order valence-corrected chi connectivity index (χ4v) is 3.44. The standard InChI is InChI=1S/C21H15N3O2S/c25-21(16-6-2-1-3-7-16)24-23-14-17-11-12-19(26-17)27-18-10-4-8-15-9-5-13-22-20(15)18/h1-14H,(H,24,25). The van der Waals surface area contributed by atoms with Gasteiger partial charge in [-0.1, -0.05) is 36.4 Å². The Bertz CT molecular complexity index is 1100. The highest BCUT2D eigenvalue weighted by molar-refractivity contribution is 7.99. The molecule has 5 nitrogen and oxygen atoms in total. The number of fused-ring (bicyclic) bond motifs is 1. The van der Waals surface area contributed by atoms with Crippen LogP contribution in [0.25, 0.3) is 10.9 Å². The third-order valence-corrected chi connectivity index (χ3v) is 4.77. The Hall–Kier alpha value is -3.38. The Labute approximate surface area is 160 Å². The van der Waals surface area contributed by atoms with Gasteiger partial charge in [0.25, 0.3) is 5.91 Å². The summed E-state index contributed by atoms with van der Waals surface area (Å²) in [6.45, 7) is 0. The van der Waals surface area contributed by atoms with Gasteiger partial charge in [-0.3, -0.25) is 9.78 Å². The van der Waals surface area contributed by atoms with Crippen LogP contribution in [0.5, 0.6) is 0 Å². The molecule has 132 valence electrons. The van der Waals surface area contributed by atoms with E-state index in [1.807, 2.05) is 42.5 Å². The number of nitrogens with zero attached hydrogens (tertiary/aromatic N) is 2. The van der Waals surface area contributed by atoms with E-state index in [0.29, 0.717) is 11.3 Å². The summed E-state index contributed by atoms with van der Waals surface area (Å²) >= 11 is 1.50.